The Labute approximate surface area is 177 Å². The zero-order valence-corrected chi connectivity index (χ0v) is 16.9. The number of rotatable bonds is 2. The summed E-state index contributed by atoms with van der Waals surface area (Å²) in [5.74, 6) is -0.281. The fraction of sp³-hybridized carbons (Fsp3) is 0.304. The molecule has 0 saturated carbocycles. The van der Waals surface area contributed by atoms with Gasteiger partial charge in [-0.05, 0) is 41.3 Å². The third kappa shape index (κ3) is 4.42. The molecule has 2 aromatic carbocycles. The number of benzene rings is 2. The molecule has 0 atom stereocenters. The Morgan fingerprint density at radius 1 is 1.16 bits per heavy atom. The van der Waals surface area contributed by atoms with E-state index in [-0.39, 0.29) is 24.2 Å². The smallest absolute Gasteiger partial charge is 0.416 e. The summed E-state index contributed by atoms with van der Waals surface area (Å²) in [4.78, 5) is 26.2. The molecule has 2 aromatic rings. The number of nitrogens with one attached hydrogen (secondary N) is 1. The molecule has 5 nitrogen and oxygen atoms in total. The number of carbonyl (C=O) groups excluding carboxylic acids is 2. The van der Waals surface area contributed by atoms with E-state index < -0.39 is 11.7 Å². The lowest BCUT2D eigenvalue weighted by Crippen LogP contribution is -2.34. The molecule has 2 aliphatic heterocycles. The van der Waals surface area contributed by atoms with Crippen LogP contribution in [-0.4, -0.2) is 29.9 Å². The second-order valence-corrected chi connectivity index (χ2v) is 7.60. The number of carbonyl (C=O) groups is 2. The van der Waals surface area contributed by atoms with E-state index >= 15 is 0 Å². The molecule has 0 unspecified atom stereocenters. The number of halogens is 3. The van der Waals surface area contributed by atoms with Crippen LogP contribution in [0.25, 0.3) is 5.57 Å². The molecule has 162 valence electrons. The van der Waals surface area contributed by atoms with Gasteiger partial charge in [0.05, 0.1) is 12.2 Å². The van der Waals surface area contributed by atoms with E-state index in [1.165, 1.54) is 19.1 Å². The van der Waals surface area contributed by atoms with Crippen LogP contribution in [0.1, 0.15) is 35.6 Å². The molecule has 2 amide bonds. The fourth-order valence-electron chi connectivity index (χ4n) is 3.93. The molecule has 2 heterocycles. The van der Waals surface area contributed by atoms with Gasteiger partial charge in [-0.1, -0.05) is 18.2 Å². The van der Waals surface area contributed by atoms with Gasteiger partial charge < -0.3 is 15.0 Å². The SMILES string of the molecule is CC(=O)N1CCc2cccc(NC(=O)/C=C3\CCOc4cc(C(F)(F)F)ccc43)c2C1. The lowest BCUT2D eigenvalue weighted by molar-refractivity contribution is -0.137. The highest BCUT2D eigenvalue weighted by molar-refractivity contribution is 6.05. The number of nitrogens with zero attached hydrogens (tertiary/aromatic N) is 1. The minimum atomic E-state index is -4.46. The molecule has 31 heavy (non-hydrogen) atoms. The van der Waals surface area contributed by atoms with E-state index in [9.17, 15) is 22.8 Å². The second-order valence-electron chi connectivity index (χ2n) is 7.60. The van der Waals surface area contributed by atoms with Crippen molar-refractivity contribution in [3.63, 3.8) is 0 Å². The first kappa shape index (κ1) is 21.0. The molecule has 2 aliphatic rings. The van der Waals surface area contributed by atoms with Gasteiger partial charge in [0, 0.05) is 43.8 Å². The van der Waals surface area contributed by atoms with Crippen LogP contribution in [0.15, 0.2) is 42.5 Å². The maximum Gasteiger partial charge on any atom is 0.416 e. The Bertz CT molecular complexity index is 1080. The van der Waals surface area contributed by atoms with Crippen LogP contribution < -0.4 is 10.1 Å². The molecular weight excluding hydrogens is 409 g/mol. The molecule has 0 spiro atoms. The lowest BCUT2D eigenvalue weighted by Gasteiger charge is -2.29. The summed E-state index contributed by atoms with van der Waals surface area (Å²) < 4.78 is 44.3. The number of anilines is 1. The predicted octanol–water partition coefficient (Wildman–Crippen LogP) is 4.41. The van der Waals surface area contributed by atoms with Gasteiger partial charge in [0.1, 0.15) is 5.75 Å². The molecule has 0 aliphatic carbocycles. The van der Waals surface area contributed by atoms with Crippen LogP contribution in [-0.2, 0) is 28.7 Å². The molecule has 0 radical (unpaired) electrons. The minimum absolute atomic E-state index is 0.0223. The summed E-state index contributed by atoms with van der Waals surface area (Å²) >= 11 is 0. The molecule has 0 saturated heterocycles. The molecule has 0 aromatic heterocycles. The van der Waals surface area contributed by atoms with Gasteiger partial charge in [0.25, 0.3) is 0 Å². The molecule has 1 N–H and O–H groups in total. The predicted molar refractivity (Wildman–Crippen MR) is 109 cm³/mol. The highest BCUT2D eigenvalue weighted by Gasteiger charge is 2.32. The van der Waals surface area contributed by atoms with Gasteiger partial charge in [0.15, 0.2) is 0 Å². The molecule has 0 fully saturated rings. The van der Waals surface area contributed by atoms with Crippen molar-refractivity contribution in [1.29, 1.82) is 0 Å². The lowest BCUT2D eigenvalue weighted by atomic mass is 9.96. The average Bonchev–Trinajstić information content (AvgIpc) is 2.73. The van der Waals surface area contributed by atoms with Gasteiger partial charge >= 0.3 is 6.18 Å². The topological polar surface area (TPSA) is 58.6 Å². The van der Waals surface area contributed by atoms with Crippen molar-refractivity contribution in [2.24, 2.45) is 0 Å². The van der Waals surface area contributed by atoms with Crippen LogP contribution >= 0.6 is 0 Å². The largest absolute Gasteiger partial charge is 0.493 e. The number of hydrogen-bond donors (Lipinski definition) is 1. The van der Waals surface area contributed by atoms with Gasteiger partial charge in [-0.15, -0.1) is 0 Å². The zero-order chi connectivity index (χ0) is 22.2. The first-order valence-corrected chi connectivity index (χ1v) is 9.94. The third-order valence-electron chi connectivity index (χ3n) is 5.57. The normalized spacial score (nSPS) is 16.9. The molecule has 8 heteroatoms. The molecular formula is C23H21F3N2O3. The second kappa shape index (κ2) is 8.09. The number of amides is 2. The number of ether oxygens (including phenoxy) is 1. The van der Waals surface area contributed by atoms with Crippen molar-refractivity contribution < 1.29 is 27.5 Å². The van der Waals surface area contributed by atoms with Crippen molar-refractivity contribution in [2.45, 2.75) is 32.5 Å². The van der Waals surface area contributed by atoms with Crippen LogP contribution in [0.5, 0.6) is 5.75 Å². The van der Waals surface area contributed by atoms with Gasteiger partial charge in [-0.2, -0.15) is 13.2 Å². The van der Waals surface area contributed by atoms with E-state index in [0.717, 1.165) is 23.3 Å². The Kier molecular flexibility index (Phi) is 5.47. The fourth-order valence-corrected chi connectivity index (χ4v) is 3.93. The Morgan fingerprint density at radius 3 is 2.71 bits per heavy atom. The van der Waals surface area contributed by atoms with Crippen molar-refractivity contribution in [3.8, 4) is 5.75 Å². The third-order valence-corrected chi connectivity index (χ3v) is 5.57. The molecule has 4 rings (SSSR count). The first-order valence-electron chi connectivity index (χ1n) is 9.94. The van der Waals surface area contributed by atoms with Crippen molar-refractivity contribution in [3.05, 3.63) is 64.7 Å². The van der Waals surface area contributed by atoms with Crippen LogP contribution in [0, 0.1) is 0 Å². The summed E-state index contributed by atoms with van der Waals surface area (Å²) in [7, 11) is 0. The Hall–Kier alpha value is -3.29. The summed E-state index contributed by atoms with van der Waals surface area (Å²) in [6, 6.07) is 8.91. The number of hydrogen-bond acceptors (Lipinski definition) is 3. The highest BCUT2D eigenvalue weighted by atomic mass is 19.4. The van der Waals surface area contributed by atoms with Crippen LogP contribution in [0.2, 0.25) is 0 Å². The van der Waals surface area contributed by atoms with Crippen LogP contribution in [0.3, 0.4) is 0 Å². The number of alkyl halides is 3. The van der Waals surface area contributed by atoms with Crippen molar-refractivity contribution in [2.75, 3.05) is 18.5 Å². The quantitative estimate of drug-likeness (QED) is 0.718. The van der Waals surface area contributed by atoms with Crippen molar-refractivity contribution >= 4 is 23.1 Å². The van der Waals surface area contributed by atoms with E-state index in [2.05, 4.69) is 5.32 Å². The zero-order valence-electron chi connectivity index (χ0n) is 16.9. The summed E-state index contributed by atoms with van der Waals surface area (Å²) in [6.07, 6.45) is -1.93. The summed E-state index contributed by atoms with van der Waals surface area (Å²) in [5.41, 5.74) is 2.92. The maximum atomic E-state index is 13.0. The van der Waals surface area contributed by atoms with E-state index in [4.69, 9.17) is 4.74 Å². The standard InChI is InChI=1S/C23H21F3N2O3/c1-14(29)28-9-7-15-3-2-4-20(19(15)13-28)27-22(30)11-16-8-10-31-21-12-17(23(24,25)26)5-6-18(16)21/h2-6,11-12H,7-10,13H2,1H3,(H,27,30)/b16-11+. The van der Waals surface area contributed by atoms with E-state index in [1.54, 1.807) is 11.0 Å². The van der Waals surface area contributed by atoms with Gasteiger partial charge in [-0.3, -0.25) is 9.59 Å². The number of fused-ring (bicyclic) bond motifs is 2. The van der Waals surface area contributed by atoms with Crippen molar-refractivity contribution in [1.82, 2.24) is 4.90 Å². The Morgan fingerprint density at radius 2 is 1.97 bits per heavy atom. The van der Waals surface area contributed by atoms with Gasteiger partial charge in [0.2, 0.25) is 11.8 Å². The Balaban J connectivity index is 1.58. The monoisotopic (exact) mass is 430 g/mol. The maximum absolute atomic E-state index is 13.0. The van der Waals surface area contributed by atoms with Crippen LogP contribution in [0.4, 0.5) is 18.9 Å². The summed E-state index contributed by atoms with van der Waals surface area (Å²) in [6.45, 7) is 2.78. The van der Waals surface area contributed by atoms with E-state index in [0.29, 0.717) is 42.8 Å². The van der Waals surface area contributed by atoms with Gasteiger partial charge in [-0.25, -0.2) is 0 Å². The van der Waals surface area contributed by atoms with E-state index in [1.807, 2.05) is 12.1 Å². The highest BCUT2D eigenvalue weighted by Crippen LogP contribution is 2.38. The molecule has 0 bridgehead atoms. The first-order chi connectivity index (χ1) is 14.7. The average molecular weight is 430 g/mol. The summed E-state index contributed by atoms with van der Waals surface area (Å²) in [5, 5.41) is 2.87. The minimum Gasteiger partial charge on any atom is -0.493 e.